The highest BCUT2D eigenvalue weighted by Gasteiger charge is 2.24. The summed E-state index contributed by atoms with van der Waals surface area (Å²) in [7, 11) is 1.64. The molecular formula is C23H27FN2O3. The van der Waals surface area contributed by atoms with E-state index in [0.717, 1.165) is 48.1 Å². The highest BCUT2D eigenvalue weighted by Crippen LogP contribution is 2.29. The van der Waals surface area contributed by atoms with Crippen molar-refractivity contribution < 1.29 is 19.0 Å². The summed E-state index contributed by atoms with van der Waals surface area (Å²) in [5.41, 5.74) is 1.86. The molecule has 2 aromatic carbocycles. The molecule has 1 aliphatic heterocycles. The molecule has 0 aliphatic carbocycles. The number of fused-ring (bicyclic) bond motifs is 1. The minimum atomic E-state index is -0.595. The molecule has 3 aromatic rings. The van der Waals surface area contributed by atoms with E-state index < -0.39 is 6.10 Å². The molecule has 2 heterocycles. The Morgan fingerprint density at radius 2 is 2.14 bits per heavy atom. The zero-order valence-corrected chi connectivity index (χ0v) is 16.6. The molecule has 0 unspecified atom stereocenters. The smallest absolute Gasteiger partial charge is 0.165 e. The summed E-state index contributed by atoms with van der Waals surface area (Å²) in [6.07, 6.45) is 3.37. The van der Waals surface area contributed by atoms with Crippen LogP contribution in [0.15, 0.2) is 48.7 Å². The maximum atomic E-state index is 13.8. The summed E-state index contributed by atoms with van der Waals surface area (Å²) in [6, 6.07) is 12.3. The largest absolute Gasteiger partial charge is 0.497 e. The molecule has 6 heteroatoms. The van der Waals surface area contributed by atoms with E-state index in [-0.39, 0.29) is 5.82 Å². The van der Waals surface area contributed by atoms with Gasteiger partial charge in [0.15, 0.2) is 11.6 Å². The van der Waals surface area contributed by atoms with Gasteiger partial charge in [-0.2, -0.15) is 0 Å². The topological polar surface area (TPSA) is 57.7 Å². The molecule has 2 atom stereocenters. The highest BCUT2D eigenvalue weighted by molar-refractivity contribution is 5.85. The first-order valence-electron chi connectivity index (χ1n) is 10.1. The first-order chi connectivity index (χ1) is 14.1. The first-order valence-corrected chi connectivity index (χ1v) is 10.1. The molecular weight excluding hydrogens is 371 g/mol. The lowest BCUT2D eigenvalue weighted by Gasteiger charge is -2.33. The number of halogens is 1. The summed E-state index contributed by atoms with van der Waals surface area (Å²) < 4.78 is 24.8. The molecule has 0 bridgehead atoms. The van der Waals surface area contributed by atoms with Crippen LogP contribution in [0.1, 0.15) is 24.5 Å². The van der Waals surface area contributed by atoms with Crippen molar-refractivity contribution >= 4 is 10.9 Å². The van der Waals surface area contributed by atoms with Crippen molar-refractivity contribution in [3.63, 3.8) is 0 Å². The maximum Gasteiger partial charge on any atom is 0.165 e. The summed E-state index contributed by atoms with van der Waals surface area (Å²) in [4.78, 5) is 5.49. The standard InChI is InChI=1S/C23H27FN2O3/c1-28-17-8-9-21-18(11-17)19(12-25-21)22(27)14-26-10-4-5-16(13-26)15-29-23-7-3-2-6-20(23)24/h2-3,6-9,11-12,16,22,25,27H,4-5,10,13-15H2,1H3/t16-,22+/m1/s1. The van der Waals surface area contributed by atoms with Gasteiger partial charge in [0.2, 0.25) is 0 Å². The third-order valence-electron chi connectivity index (χ3n) is 5.63. The number of β-amino-alcohol motifs (C(OH)–C–C–N with tert-alkyl or cyclic N) is 1. The SMILES string of the molecule is COc1ccc2[nH]cc([C@@H](O)CN3CCC[C@@H](COc4ccccc4F)C3)c2c1. The van der Waals surface area contributed by atoms with Gasteiger partial charge in [0, 0.05) is 41.7 Å². The average molecular weight is 398 g/mol. The van der Waals surface area contributed by atoms with Crippen LogP contribution in [0.2, 0.25) is 0 Å². The average Bonchev–Trinajstić information content (AvgIpc) is 3.16. The van der Waals surface area contributed by atoms with Crippen LogP contribution >= 0.6 is 0 Å². The van der Waals surface area contributed by atoms with E-state index in [1.165, 1.54) is 6.07 Å². The number of nitrogens with one attached hydrogen (secondary N) is 1. The van der Waals surface area contributed by atoms with E-state index in [1.54, 1.807) is 25.3 Å². The number of aromatic nitrogens is 1. The molecule has 5 nitrogen and oxygen atoms in total. The van der Waals surface area contributed by atoms with Crippen LogP contribution in [0.3, 0.4) is 0 Å². The Morgan fingerprint density at radius 3 is 2.97 bits per heavy atom. The Hall–Kier alpha value is -2.57. The molecule has 4 rings (SSSR count). The molecule has 0 spiro atoms. The van der Waals surface area contributed by atoms with Crippen LogP contribution in [-0.2, 0) is 0 Å². The number of hydrogen-bond donors (Lipinski definition) is 2. The molecule has 1 aliphatic rings. The monoisotopic (exact) mass is 398 g/mol. The van der Waals surface area contributed by atoms with Gasteiger partial charge in [0.05, 0.1) is 19.8 Å². The van der Waals surface area contributed by atoms with Crippen LogP contribution in [-0.4, -0.2) is 48.3 Å². The number of para-hydroxylation sites is 1. The normalized spacial score (nSPS) is 18.7. The molecule has 0 radical (unpaired) electrons. The number of nitrogens with zero attached hydrogens (tertiary/aromatic N) is 1. The number of benzene rings is 2. The molecule has 1 aromatic heterocycles. The Balaban J connectivity index is 1.37. The van der Waals surface area contributed by atoms with Gasteiger partial charge >= 0.3 is 0 Å². The van der Waals surface area contributed by atoms with Crippen LogP contribution in [0, 0.1) is 11.7 Å². The fourth-order valence-electron chi connectivity index (χ4n) is 4.09. The number of aliphatic hydroxyl groups excluding tert-OH is 1. The molecule has 29 heavy (non-hydrogen) atoms. The number of hydrogen-bond acceptors (Lipinski definition) is 4. The fraction of sp³-hybridized carbons (Fsp3) is 0.391. The van der Waals surface area contributed by atoms with Crippen molar-refractivity contribution in [1.82, 2.24) is 9.88 Å². The third kappa shape index (κ3) is 4.54. The number of rotatable bonds is 7. The second-order valence-electron chi connectivity index (χ2n) is 7.68. The minimum absolute atomic E-state index is 0.303. The van der Waals surface area contributed by atoms with Crippen molar-refractivity contribution in [2.45, 2.75) is 18.9 Å². The number of H-pyrrole nitrogens is 1. The van der Waals surface area contributed by atoms with Gasteiger partial charge in [-0.05, 0) is 49.7 Å². The van der Waals surface area contributed by atoms with Gasteiger partial charge in [-0.1, -0.05) is 12.1 Å². The lowest BCUT2D eigenvalue weighted by Crippen LogP contribution is -2.40. The van der Waals surface area contributed by atoms with Crippen LogP contribution in [0.5, 0.6) is 11.5 Å². The number of piperidine rings is 1. The molecule has 0 amide bonds. The van der Waals surface area contributed by atoms with Gasteiger partial charge in [0.25, 0.3) is 0 Å². The number of likely N-dealkylation sites (tertiary alicyclic amines) is 1. The predicted octanol–water partition coefficient (Wildman–Crippen LogP) is 4.14. The van der Waals surface area contributed by atoms with Crippen molar-refractivity contribution in [3.05, 3.63) is 60.0 Å². The van der Waals surface area contributed by atoms with Gasteiger partial charge in [-0.15, -0.1) is 0 Å². The van der Waals surface area contributed by atoms with E-state index in [9.17, 15) is 9.50 Å². The quantitative estimate of drug-likeness (QED) is 0.628. The fourth-order valence-corrected chi connectivity index (χ4v) is 4.09. The van der Waals surface area contributed by atoms with Crippen molar-refractivity contribution in [3.8, 4) is 11.5 Å². The lowest BCUT2D eigenvalue weighted by molar-refractivity contribution is 0.0715. The van der Waals surface area contributed by atoms with Gasteiger partial charge in [0.1, 0.15) is 5.75 Å². The van der Waals surface area contributed by atoms with Gasteiger partial charge in [-0.25, -0.2) is 4.39 Å². The number of methoxy groups -OCH3 is 1. The molecule has 2 N–H and O–H groups in total. The summed E-state index contributed by atoms with van der Waals surface area (Å²) in [5, 5.41) is 11.9. The maximum absolute atomic E-state index is 13.8. The predicted molar refractivity (Wildman–Crippen MR) is 111 cm³/mol. The van der Waals surface area contributed by atoms with Crippen molar-refractivity contribution in [2.24, 2.45) is 5.92 Å². The first kappa shape index (κ1) is 19.7. The number of aromatic amines is 1. The lowest BCUT2D eigenvalue weighted by atomic mass is 9.98. The van der Waals surface area contributed by atoms with Crippen LogP contribution in [0.4, 0.5) is 4.39 Å². The summed E-state index contributed by atoms with van der Waals surface area (Å²) >= 11 is 0. The van der Waals surface area contributed by atoms with Gasteiger partial charge in [-0.3, -0.25) is 0 Å². The molecule has 0 saturated carbocycles. The van der Waals surface area contributed by atoms with E-state index in [4.69, 9.17) is 9.47 Å². The zero-order valence-electron chi connectivity index (χ0n) is 16.6. The number of aliphatic hydroxyl groups is 1. The van der Waals surface area contributed by atoms with Crippen LogP contribution < -0.4 is 9.47 Å². The number of ether oxygens (including phenoxy) is 2. The van der Waals surface area contributed by atoms with Crippen molar-refractivity contribution in [2.75, 3.05) is 33.4 Å². The summed E-state index contributed by atoms with van der Waals surface area (Å²) in [6.45, 7) is 2.81. The Kier molecular flexibility index (Phi) is 6.02. The molecule has 1 fully saturated rings. The Labute approximate surface area is 170 Å². The van der Waals surface area contributed by atoms with Gasteiger partial charge < -0.3 is 24.5 Å². The molecule has 154 valence electrons. The zero-order chi connectivity index (χ0) is 20.2. The Morgan fingerprint density at radius 1 is 1.28 bits per heavy atom. The second-order valence-corrected chi connectivity index (χ2v) is 7.68. The van der Waals surface area contributed by atoms with E-state index >= 15 is 0 Å². The molecule has 1 saturated heterocycles. The second kappa shape index (κ2) is 8.84. The van der Waals surface area contributed by atoms with E-state index in [2.05, 4.69) is 9.88 Å². The van der Waals surface area contributed by atoms with Crippen molar-refractivity contribution in [1.29, 1.82) is 0 Å². The third-order valence-corrected chi connectivity index (χ3v) is 5.63. The van der Waals surface area contributed by atoms with Crippen LogP contribution in [0.25, 0.3) is 10.9 Å². The minimum Gasteiger partial charge on any atom is -0.497 e. The highest BCUT2D eigenvalue weighted by atomic mass is 19.1. The van der Waals surface area contributed by atoms with E-state index in [0.29, 0.717) is 24.8 Å². The Bertz CT molecular complexity index is 958. The summed E-state index contributed by atoms with van der Waals surface area (Å²) in [5.74, 6) is 1.07. The van der Waals surface area contributed by atoms with E-state index in [1.807, 2.05) is 24.4 Å².